The molecule has 0 radical (unpaired) electrons. The van der Waals surface area contributed by atoms with Crippen LogP contribution in [0.15, 0.2) is 35.5 Å². The van der Waals surface area contributed by atoms with Crippen LogP contribution in [0.2, 0.25) is 0 Å². The third kappa shape index (κ3) is 1.35. The smallest absolute Gasteiger partial charge is 0.355 e. The van der Waals surface area contributed by atoms with Crippen LogP contribution in [0.5, 0.6) is 0 Å². The number of hydrogen-bond donors (Lipinski definition) is 1. The van der Waals surface area contributed by atoms with E-state index in [2.05, 4.69) is 9.97 Å². The number of carboxylic acids is 1. The van der Waals surface area contributed by atoms with Gasteiger partial charge in [0, 0.05) is 17.3 Å². The van der Waals surface area contributed by atoms with Crippen LogP contribution < -0.4 is 0 Å². The molecule has 0 unspecified atom stereocenters. The van der Waals surface area contributed by atoms with Gasteiger partial charge in [-0.1, -0.05) is 0 Å². The van der Waals surface area contributed by atoms with Crippen molar-refractivity contribution in [3.05, 3.63) is 36.8 Å². The quantitative estimate of drug-likeness (QED) is 0.775. The minimum atomic E-state index is -1.08. The molecular formula is C9H6N2O3. The Kier molecular flexibility index (Phi) is 1.98. The second kappa shape index (κ2) is 3.29. The summed E-state index contributed by atoms with van der Waals surface area (Å²) in [5.41, 5.74) is 1.08. The van der Waals surface area contributed by atoms with E-state index in [4.69, 9.17) is 9.52 Å². The highest BCUT2D eigenvalue weighted by molar-refractivity contribution is 5.93. The Morgan fingerprint density at radius 3 is 3.00 bits per heavy atom. The first-order valence-electron chi connectivity index (χ1n) is 3.85. The third-order valence-electron chi connectivity index (χ3n) is 1.75. The molecule has 5 nitrogen and oxygen atoms in total. The molecule has 0 spiro atoms. The highest BCUT2D eigenvalue weighted by atomic mass is 16.4. The molecule has 0 amide bonds. The average Bonchev–Trinajstić information content (AvgIpc) is 2.70. The SMILES string of the molecule is O=C(O)c1ncncc1-c1ccoc1. The molecule has 0 aliphatic carbocycles. The molecule has 2 heterocycles. The summed E-state index contributed by atoms with van der Waals surface area (Å²) in [7, 11) is 0. The first-order chi connectivity index (χ1) is 6.79. The van der Waals surface area contributed by atoms with Crippen molar-refractivity contribution in [2.75, 3.05) is 0 Å². The summed E-state index contributed by atoms with van der Waals surface area (Å²) in [5.74, 6) is -1.08. The monoisotopic (exact) mass is 190 g/mol. The van der Waals surface area contributed by atoms with Gasteiger partial charge in [0.1, 0.15) is 6.33 Å². The molecule has 0 saturated heterocycles. The molecule has 5 heteroatoms. The molecule has 1 N–H and O–H groups in total. The fourth-order valence-corrected chi connectivity index (χ4v) is 1.13. The third-order valence-corrected chi connectivity index (χ3v) is 1.75. The molecule has 2 rings (SSSR count). The minimum absolute atomic E-state index is 0.0265. The van der Waals surface area contributed by atoms with Gasteiger partial charge in [0.25, 0.3) is 0 Å². The van der Waals surface area contributed by atoms with Crippen LogP contribution in [0.3, 0.4) is 0 Å². The van der Waals surface area contributed by atoms with Crippen LogP contribution in [0, 0.1) is 0 Å². The average molecular weight is 190 g/mol. The second-order valence-corrected chi connectivity index (χ2v) is 2.60. The van der Waals surface area contributed by atoms with E-state index >= 15 is 0 Å². The predicted molar refractivity (Wildman–Crippen MR) is 46.7 cm³/mol. The maximum atomic E-state index is 10.8. The molecule has 14 heavy (non-hydrogen) atoms. The lowest BCUT2D eigenvalue weighted by Gasteiger charge is -1.99. The summed E-state index contributed by atoms with van der Waals surface area (Å²) < 4.78 is 4.86. The van der Waals surface area contributed by atoms with Gasteiger partial charge in [-0.25, -0.2) is 14.8 Å². The van der Waals surface area contributed by atoms with Gasteiger partial charge in [0.15, 0.2) is 5.69 Å². The standard InChI is InChI=1S/C9H6N2O3/c12-9(13)8-7(3-10-5-11-8)6-1-2-14-4-6/h1-5H,(H,12,13). The normalized spacial score (nSPS) is 10.0. The Hall–Kier alpha value is -2.17. The number of carbonyl (C=O) groups is 1. The molecule has 2 aromatic heterocycles. The van der Waals surface area contributed by atoms with Crippen molar-refractivity contribution < 1.29 is 14.3 Å². The Labute approximate surface area is 79.0 Å². The lowest BCUT2D eigenvalue weighted by Crippen LogP contribution is -2.03. The predicted octanol–water partition coefficient (Wildman–Crippen LogP) is 1.43. The summed E-state index contributed by atoms with van der Waals surface area (Å²) in [6.45, 7) is 0. The number of aromatic nitrogens is 2. The van der Waals surface area contributed by atoms with Gasteiger partial charge in [0.2, 0.25) is 0 Å². The second-order valence-electron chi connectivity index (χ2n) is 2.60. The highest BCUT2D eigenvalue weighted by Gasteiger charge is 2.13. The summed E-state index contributed by atoms with van der Waals surface area (Å²) >= 11 is 0. The van der Waals surface area contributed by atoms with Crippen LogP contribution >= 0.6 is 0 Å². The Balaban J connectivity index is 2.58. The van der Waals surface area contributed by atoms with Crippen molar-refractivity contribution in [1.29, 1.82) is 0 Å². The van der Waals surface area contributed by atoms with Crippen LogP contribution in [0.1, 0.15) is 10.5 Å². The van der Waals surface area contributed by atoms with Gasteiger partial charge in [-0.2, -0.15) is 0 Å². The van der Waals surface area contributed by atoms with E-state index < -0.39 is 5.97 Å². The van der Waals surface area contributed by atoms with E-state index in [-0.39, 0.29) is 5.69 Å². The van der Waals surface area contributed by atoms with Gasteiger partial charge in [0.05, 0.1) is 12.5 Å². The molecule has 70 valence electrons. The zero-order valence-electron chi connectivity index (χ0n) is 7.04. The molecule has 0 bridgehead atoms. The summed E-state index contributed by atoms with van der Waals surface area (Å²) in [6.07, 6.45) is 5.56. The Morgan fingerprint density at radius 2 is 2.36 bits per heavy atom. The van der Waals surface area contributed by atoms with E-state index in [0.717, 1.165) is 0 Å². The number of hydrogen-bond acceptors (Lipinski definition) is 4. The maximum absolute atomic E-state index is 10.8. The molecule has 0 saturated carbocycles. The molecule has 2 aromatic rings. The minimum Gasteiger partial charge on any atom is -0.476 e. The zero-order chi connectivity index (χ0) is 9.97. The summed E-state index contributed by atoms with van der Waals surface area (Å²) in [4.78, 5) is 18.2. The Morgan fingerprint density at radius 1 is 1.50 bits per heavy atom. The van der Waals surface area contributed by atoms with Crippen molar-refractivity contribution in [1.82, 2.24) is 9.97 Å². The van der Waals surface area contributed by atoms with E-state index in [9.17, 15) is 4.79 Å². The maximum Gasteiger partial charge on any atom is 0.355 e. The summed E-state index contributed by atoms with van der Waals surface area (Å²) in [6, 6.07) is 1.66. The van der Waals surface area contributed by atoms with Crippen molar-refractivity contribution in [2.45, 2.75) is 0 Å². The van der Waals surface area contributed by atoms with E-state index in [1.807, 2.05) is 0 Å². The van der Waals surface area contributed by atoms with Gasteiger partial charge in [-0.05, 0) is 6.07 Å². The molecule has 0 fully saturated rings. The lowest BCUT2D eigenvalue weighted by atomic mass is 10.1. The van der Waals surface area contributed by atoms with Gasteiger partial charge < -0.3 is 9.52 Å². The van der Waals surface area contributed by atoms with E-state index in [1.165, 1.54) is 25.1 Å². The highest BCUT2D eigenvalue weighted by Crippen LogP contribution is 2.21. The van der Waals surface area contributed by atoms with Crippen molar-refractivity contribution in [3.8, 4) is 11.1 Å². The number of furan rings is 1. The fraction of sp³-hybridized carbons (Fsp3) is 0. The summed E-state index contributed by atoms with van der Waals surface area (Å²) in [5, 5.41) is 8.84. The number of nitrogens with zero attached hydrogens (tertiary/aromatic N) is 2. The number of aromatic carboxylic acids is 1. The number of carboxylic acid groups (broad SMARTS) is 1. The number of rotatable bonds is 2. The lowest BCUT2D eigenvalue weighted by molar-refractivity contribution is 0.0691. The van der Waals surface area contributed by atoms with Crippen LogP contribution in [-0.4, -0.2) is 21.0 Å². The van der Waals surface area contributed by atoms with E-state index in [0.29, 0.717) is 11.1 Å². The molecule has 0 aliphatic rings. The van der Waals surface area contributed by atoms with Crippen molar-refractivity contribution >= 4 is 5.97 Å². The molecule has 0 atom stereocenters. The van der Waals surface area contributed by atoms with E-state index in [1.54, 1.807) is 6.07 Å². The largest absolute Gasteiger partial charge is 0.476 e. The topological polar surface area (TPSA) is 76.2 Å². The fourth-order valence-electron chi connectivity index (χ4n) is 1.13. The van der Waals surface area contributed by atoms with Gasteiger partial charge >= 0.3 is 5.97 Å². The van der Waals surface area contributed by atoms with Gasteiger partial charge in [-0.15, -0.1) is 0 Å². The first kappa shape index (κ1) is 8.43. The van der Waals surface area contributed by atoms with Crippen LogP contribution in [-0.2, 0) is 0 Å². The molecular weight excluding hydrogens is 184 g/mol. The Bertz CT molecular complexity index is 451. The zero-order valence-corrected chi connectivity index (χ0v) is 7.04. The molecule has 0 aliphatic heterocycles. The van der Waals surface area contributed by atoms with Gasteiger partial charge in [-0.3, -0.25) is 0 Å². The first-order valence-corrected chi connectivity index (χ1v) is 3.85. The molecule has 0 aromatic carbocycles. The van der Waals surface area contributed by atoms with Crippen molar-refractivity contribution in [2.24, 2.45) is 0 Å². The van der Waals surface area contributed by atoms with Crippen molar-refractivity contribution in [3.63, 3.8) is 0 Å². The van der Waals surface area contributed by atoms with Crippen LogP contribution in [0.25, 0.3) is 11.1 Å². The van der Waals surface area contributed by atoms with Crippen LogP contribution in [0.4, 0.5) is 0 Å².